The molecule has 0 spiro atoms. The third-order valence-electron chi connectivity index (χ3n) is 4.58. The maximum atomic E-state index is 12.9. The van der Waals surface area contributed by atoms with Crippen LogP contribution in [0.5, 0.6) is 0 Å². The molecule has 9 nitrogen and oxygen atoms in total. The fraction of sp³-hybridized carbons (Fsp3) is 0.143. The van der Waals surface area contributed by atoms with Crippen LogP contribution in [0.2, 0.25) is 10.0 Å². The topological polar surface area (TPSA) is 126 Å². The van der Waals surface area contributed by atoms with E-state index in [4.69, 9.17) is 23.2 Å². The highest BCUT2D eigenvalue weighted by atomic mass is 35.5. The molecule has 34 heavy (non-hydrogen) atoms. The first kappa shape index (κ1) is 25.8. The van der Waals surface area contributed by atoms with E-state index in [2.05, 4.69) is 15.0 Å². The van der Waals surface area contributed by atoms with Gasteiger partial charge in [-0.2, -0.15) is 0 Å². The maximum absolute atomic E-state index is 12.9. The van der Waals surface area contributed by atoms with Gasteiger partial charge in [0, 0.05) is 16.9 Å². The Morgan fingerprint density at radius 2 is 1.68 bits per heavy atom. The van der Waals surface area contributed by atoms with Crippen LogP contribution in [0.4, 0.5) is 17.1 Å². The molecular weight excluding hydrogens is 523 g/mol. The van der Waals surface area contributed by atoms with Crippen LogP contribution in [-0.2, 0) is 24.8 Å². The van der Waals surface area contributed by atoms with E-state index in [0.29, 0.717) is 5.69 Å². The molecule has 2 aromatic carbocycles. The van der Waals surface area contributed by atoms with Crippen LogP contribution in [0.3, 0.4) is 0 Å². The number of benzene rings is 2. The molecular formula is C21H20Cl2N4O5S2. The minimum Gasteiger partial charge on any atom is -0.324 e. The summed E-state index contributed by atoms with van der Waals surface area (Å²) in [6.45, 7) is 1.39. The lowest BCUT2D eigenvalue weighted by atomic mass is 10.2. The standard InChI is InChI=1S/C21H20Cl2N4O5S2/c1-14(27(33(2,29)30)20-12-15(22)5-10-19(20)23)21(28)25-16-6-8-18(9-7-16)34(31,32)26-17-4-3-11-24-13-17/h3-14,26H,1-2H3,(H,25,28). The minimum atomic E-state index is -3.91. The molecule has 3 aromatic rings. The zero-order valence-electron chi connectivity index (χ0n) is 17.9. The van der Waals surface area contributed by atoms with Crippen molar-refractivity contribution in [3.8, 4) is 0 Å². The van der Waals surface area contributed by atoms with Gasteiger partial charge in [-0.1, -0.05) is 23.2 Å². The molecule has 180 valence electrons. The van der Waals surface area contributed by atoms with Gasteiger partial charge in [-0.05, 0) is 61.5 Å². The minimum absolute atomic E-state index is 0.0362. The number of nitrogens with zero attached hydrogens (tertiary/aromatic N) is 2. The number of hydrogen-bond donors (Lipinski definition) is 2. The average Bonchev–Trinajstić information content (AvgIpc) is 2.76. The number of sulfonamides is 2. The highest BCUT2D eigenvalue weighted by Crippen LogP contribution is 2.32. The number of amides is 1. The molecule has 0 radical (unpaired) electrons. The van der Waals surface area contributed by atoms with Crippen LogP contribution in [0.15, 0.2) is 71.9 Å². The van der Waals surface area contributed by atoms with Gasteiger partial charge in [-0.3, -0.25) is 18.8 Å². The number of halogens is 2. The number of aromatic nitrogens is 1. The molecule has 0 fully saturated rings. The Morgan fingerprint density at radius 1 is 1.00 bits per heavy atom. The summed E-state index contributed by atoms with van der Waals surface area (Å²) in [5, 5.41) is 2.93. The molecule has 1 heterocycles. The van der Waals surface area contributed by atoms with Crippen molar-refractivity contribution in [2.75, 3.05) is 20.6 Å². The lowest BCUT2D eigenvalue weighted by Gasteiger charge is -2.29. The van der Waals surface area contributed by atoms with Crippen molar-refractivity contribution in [1.82, 2.24) is 4.98 Å². The number of carbonyl (C=O) groups is 1. The first-order valence-electron chi connectivity index (χ1n) is 9.67. The Kier molecular flexibility index (Phi) is 7.71. The van der Waals surface area contributed by atoms with Crippen molar-refractivity contribution in [3.05, 3.63) is 77.0 Å². The van der Waals surface area contributed by atoms with Crippen LogP contribution in [-0.4, -0.2) is 40.0 Å². The Labute approximate surface area is 207 Å². The van der Waals surface area contributed by atoms with E-state index < -0.39 is 32.0 Å². The molecule has 0 saturated heterocycles. The zero-order chi connectivity index (χ0) is 25.1. The van der Waals surface area contributed by atoms with E-state index in [1.54, 1.807) is 12.1 Å². The van der Waals surface area contributed by atoms with Gasteiger partial charge in [-0.25, -0.2) is 16.8 Å². The number of nitrogens with one attached hydrogen (secondary N) is 2. The number of pyridine rings is 1. The fourth-order valence-electron chi connectivity index (χ4n) is 3.04. The van der Waals surface area contributed by atoms with E-state index in [1.807, 2.05) is 0 Å². The molecule has 0 bridgehead atoms. The number of rotatable bonds is 8. The van der Waals surface area contributed by atoms with Crippen molar-refractivity contribution in [3.63, 3.8) is 0 Å². The van der Waals surface area contributed by atoms with Gasteiger partial charge in [0.15, 0.2) is 0 Å². The monoisotopic (exact) mass is 542 g/mol. The second-order valence-corrected chi connectivity index (χ2v) is 11.6. The molecule has 1 unspecified atom stereocenters. The van der Waals surface area contributed by atoms with Crippen LogP contribution in [0, 0.1) is 0 Å². The van der Waals surface area contributed by atoms with Crippen molar-refractivity contribution < 1.29 is 21.6 Å². The number of carbonyl (C=O) groups excluding carboxylic acids is 1. The molecule has 0 aliphatic carbocycles. The molecule has 0 saturated carbocycles. The second kappa shape index (κ2) is 10.2. The Morgan fingerprint density at radius 3 is 2.26 bits per heavy atom. The second-order valence-electron chi connectivity index (χ2n) is 7.19. The van der Waals surface area contributed by atoms with Crippen LogP contribution in [0.1, 0.15) is 6.92 Å². The molecule has 2 N–H and O–H groups in total. The van der Waals surface area contributed by atoms with Crippen molar-refractivity contribution in [2.45, 2.75) is 17.9 Å². The van der Waals surface area contributed by atoms with E-state index in [0.717, 1.165) is 10.6 Å². The summed E-state index contributed by atoms with van der Waals surface area (Å²) < 4.78 is 53.3. The van der Waals surface area contributed by atoms with Gasteiger partial charge in [0.1, 0.15) is 6.04 Å². The molecule has 1 atom stereocenters. The van der Waals surface area contributed by atoms with Crippen LogP contribution >= 0.6 is 23.2 Å². The van der Waals surface area contributed by atoms with Gasteiger partial charge in [0.25, 0.3) is 10.0 Å². The lowest BCUT2D eigenvalue weighted by Crippen LogP contribution is -2.45. The first-order valence-corrected chi connectivity index (χ1v) is 13.8. The summed E-state index contributed by atoms with van der Waals surface area (Å²) >= 11 is 12.2. The van der Waals surface area contributed by atoms with Gasteiger partial charge in [0.05, 0.1) is 33.7 Å². The zero-order valence-corrected chi connectivity index (χ0v) is 21.1. The molecule has 0 aliphatic heterocycles. The van der Waals surface area contributed by atoms with Gasteiger partial charge in [0.2, 0.25) is 15.9 Å². The maximum Gasteiger partial charge on any atom is 0.261 e. The summed E-state index contributed by atoms with van der Waals surface area (Å²) in [6.07, 6.45) is 3.83. The van der Waals surface area contributed by atoms with Crippen LogP contribution in [0.25, 0.3) is 0 Å². The predicted molar refractivity (Wildman–Crippen MR) is 133 cm³/mol. The highest BCUT2D eigenvalue weighted by Gasteiger charge is 2.31. The number of anilines is 3. The third kappa shape index (κ3) is 6.17. The first-order chi connectivity index (χ1) is 15.9. The third-order valence-corrected chi connectivity index (χ3v) is 7.76. The summed E-state index contributed by atoms with van der Waals surface area (Å²) in [7, 11) is -7.78. The van der Waals surface area contributed by atoms with Crippen molar-refractivity contribution in [2.24, 2.45) is 0 Å². The molecule has 13 heteroatoms. The number of hydrogen-bond acceptors (Lipinski definition) is 6. The predicted octanol–water partition coefficient (Wildman–Crippen LogP) is 3.98. The Hall–Kier alpha value is -2.86. The van der Waals surface area contributed by atoms with E-state index in [-0.39, 0.29) is 26.3 Å². The fourth-order valence-corrected chi connectivity index (χ4v) is 5.68. The summed E-state index contributed by atoms with van der Waals surface area (Å²) in [5.74, 6) is -0.662. The summed E-state index contributed by atoms with van der Waals surface area (Å²) in [4.78, 5) is 16.7. The van der Waals surface area contributed by atoms with Gasteiger partial charge in [-0.15, -0.1) is 0 Å². The van der Waals surface area contributed by atoms with E-state index in [1.165, 1.54) is 61.8 Å². The summed E-state index contributed by atoms with van der Waals surface area (Å²) in [5.41, 5.74) is 0.624. The molecule has 3 rings (SSSR count). The molecule has 1 aromatic heterocycles. The van der Waals surface area contributed by atoms with E-state index in [9.17, 15) is 21.6 Å². The smallest absolute Gasteiger partial charge is 0.261 e. The Bertz CT molecular complexity index is 1400. The van der Waals surface area contributed by atoms with Gasteiger partial charge >= 0.3 is 0 Å². The average molecular weight is 543 g/mol. The Balaban J connectivity index is 1.79. The summed E-state index contributed by atoms with van der Waals surface area (Å²) in [6, 6.07) is 11.6. The molecule has 0 aliphatic rings. The van der Waals surface area contributed by atoms with Crippen LogP contribution < -0.4 is 14.3 Å². The lowest BCUT2D eigenvalue weighted by molar-refractivity contribution is -0.116. The van der Waals surface area contributed by atoms with Crippen molar-refractivity contribution >= 4 is 66.2 Å². The van der Waals surface area contributed by atoms with E-state index >= 15 is 0 Å². The normalized spacial score (nSPS) is 12.6. The SMILES string of the molecule is CC(C(=O)Nc1ccc(S(=O)(=O)Nc2cccnc2)cc1)N(c1cc(Cl)ccc1Cl)S(C)(=O)=O. The quantitative estimate of drug-likeness (QED) is 0.443. The largest absolute Gasteiger partial charge is 0.324 e. The highest BCUT2D eigenvalue weighted by molar-refractivity contribution is 7.92. The molecule has 1 amide bonds. The van der Waals surface area contributed by atoms with Crippen molar-refractivity contribution in [1.29, 1.82) is 0 Å². The van der Waals surface area contributed by atoms with Gasteiger partial charge < -0.3 is 5.32 Å².